The van der Waals surface area contributed by atoms with Gasteiger partial charge in [0.2, 0.25) is 0 Å². The number of hydrogen-bond acceptors (Lipinski definition) is 7. The summed E-state index contributed by atoms with van der Waals surface area (Å²) in [6, 6.07) is 7.94. The summed E-state index contributed by atoms with van der Waals surface area (Å²) in [6.07, 6.45) is 2.73. The van der Waals surface area contributed by atoms with Crippen molar-refractivity contribution in [1.82, 2.24) is 14.5 Å². The molecule has 8 nitrogen and oxygen atoms in total. The molecule has 3 aliphatic rings. The van der Waals surface area contributed by atoms with Gasteiger partial charge in [0.25, 0.3) is 0 Å². The zero-order valence-electron chi connectivity index (χ0n) is 18.1. The average Bonchev–Trinajstić information content (AvgIpc) is 3.43. The van der Waals surface area contributed by atoms with E-state index < -0.39 is 12.0 Å². The van der Waals surface area contributed by atoms with Gasteiger partial charge < -0.3 is 28.8 Å². The first kappa shape index (κ1) is 20.4. The quantitative estimate of drug-likeness (QED) is 0.641. The van der Waals surface area contributed by atoms with E-state index in [4.69, 9.17) is 30.5 Å². The van der Waals surface area contributed by atoms with Crippen LogP contribution in [0.1, 0.15) is 37.3 Å². The summed E-state index contributed by atoms with van der Waals surface area (Å²) in [5.41, 5.74) is 3.06. The Morgan fingerprint density at radius 2 is 1.97 bits per heavy atom. The number of ether oxygens (including phenoxy) is 4. The van der Waals surface area contributed by atoms with Crippen molar-refractivity contribution in [2.45, 2.75) is 56.7 Å². The fourth-order valence-electron chi connectivity index (χ4n) is 5.18. The number of benzene rings is 1. The Hall–Kier alpha value is -2.23. The van der Waals surface area contributed by atoms with Crippen molar-refractivity contribution in [2.75, 3.05) is 19.0 Å². The normalized spacial score (nSPS) is 30.9. The van der Waals surface area contributed by atoms with Crippen LogP contribution in [-0.4, -0.2) is 52.3 Å². The number of halogens is 1. The van der Waals surface area contributed by atoms with E-state index in [2.05, 4.69) is 15.3 Å². The lowest BCUT2D eigenvalue weighted by Crippen LogP contribution is -2.37. The van der Waals surface area contributed by atoms with Gasteiger partial charge in [-0.05, 0) is 49.6 Å². The van der Waals surface area contributed by atoms with Gasteiger partial charge in [-0.1, -0.05) is 17.7 Å². The highest BCUT2D eigenvalue weighted by atomic mass is 35.5. The van der Waals surface area contributed by atoms with E-state index in [1.54, 1.807) is 6.33 Å². The van der Waals surface area contributed by atoms with Crippen LogP contribution in [0.25, 0.3) is 11.0 Å². The second kappa shape index (κ2) is 7.40. The van der Waals surface area contributed by atoms with E-state index in [9.17, 15) is 0 Å². The van der Waals surface area contributed by atoms with E-state index in [0.717, 1.165) is 33.9 Å². The van der Waals surface area contributed by atoms with Gasteiger partial charge in [0.05, 0.1) is 12.0 Å². The fourth-order valence-corrected chi connectivity index (χ4v) is 5.37. The monoisotopic (exact) mass is 456 g/mol. The standard InChI is InChI=1S/C23H25ClN4O4/c1-23(2)31-18-17(16-14-5-4-13(24)10-12(14)7-9-29-16)30-22(19(18)32-23)28-8-6-15-20(25-3)26-11-27-21(15)28/h4-6,8,10-11,16-19,22H,7,9H2,1-3H3,(H,25,26,27)/t16-,17-,18-,19-,22-/m1/s1. The third-order valence-electron chi connectivity index (χ3n) is 6.46. The Labute approximate surface area is 190 Å². The molecule has 3 aromatic rings. The Bertz CT molecular complexity index is 1180. The highest BCUT2D eigenvalue weighted by Crippen LogP contribution is 2.49. The zero-order valence-corrected chi connectivity index (χ0v) is 18.9. The first-order chi connectivity index (χ1) is 15.4. The number of aromatic nitrogens is 3. The van der Waals surface area contributed by atoms with Crippen LogP contribution in [0.5, 0.6) is 0 Å². The topological polar surface area (TPSA) is 79.7 Å². The van der Waals surface area contributed by atoms with Crippen molar-refractivity contribution in [2.24, 2.45) is 0 Å². The molecule has 1 N–H and O–H groups in total. The molecule has 0 saturated carbocycles. The molecule has 1 aromatic carbocycles. The van der Waals surface area contributed by atoms with Crippen molar-refractivity contribution < 1.29 is 18.9 Å². The SMILES string of the molecule is CNc1ncnc2c1ccn2[C@@H]1O[C@H]([C@@H]2OCCc3cc(Cl)ccc32)[C@H]2OC(C)(C)O[C@H]21. The van der Waals surface area contributed by atoms with E-state index in [-0.39, 0.29) is 24.4 Å². The Kier molecular flexibility index (Phi) is 4.71. The molecule has 0 spiro atoms. The Morgan fingerprint density at radius 1 is 1.12 bits per heavy atom. The fraction of sp³-hybridized carbons (Fsp3) is 0.478. The number of anilines is 1. The van der Waals surface area contributed by atoms with Gasteiger partial charge in [-0.3, -0.25) is 0 Å². The van der Waals surface area contributed by atoms with Gasteiger partial charge in [0.1, 0.15) is 42.2 Å². The van der Waals surface area contributed by atoms with Crippen LogP contribution in [-0.2, 0) is 25.4 Å². The van der Waals surface area contributed by atoms with Crippen LogP contribution in [0.2, 0.25) is 5.02 Å². The summed E-state index contributed by atoms with van der Waals surface area (Å²) >= 11 is 6.24. The van der Waals surface area contributed by atoms with Crippen LogP contribution in [0.3, 0.4) is 0 Å². The largest absolute Gasteiger partial charge is 0.372 e. The zero-order chi connectivity index (χ0) is 22.0. The van der Waals surface area contributed by atoms with Crippen LogP contribution in [0, 0.1) is 0 Å². The number of rotatable bonds is 3. The van der Waals surface area contributed by atoms with Crippen molar-refractivity contribution in [1.29, 1.82) is 0 Å². The van der Waals surface area contributed by atoms with E-state index in [1.165, 1.54) is 5.56 Å². The number of nitrogens with one attached hydrogen (secondary N) is 1. The minimum Gasteiger partial charge on any atom is -0.372 e. The molecule has 0 amide bonds. The third kappa shape index (κ3) is 3.13. The van der Waals surface area contributed by atoms with Gasteiger partial charge in [0.15, 0.2) is 12.0 Å². The molecule has 6 rings (SSSR count). The van der Waals surface area contributed by atoms with Crippen LogP contribution < -0.4 is 5.32 Å². The first-order valence-electron chi connectivity index (χ1n) is 10.9. The van der Waals surface area contributed by atoms with Gasteiger partial charge >= 0.3 is 0 Å². The molecule has 0 bridgehead atoms. The Balaban J connectivity index is 1.41. The lowest BCUT2D eigenvalue weighted by atomic mass is 9.92. The molecule has 5 atom stereocenters. The molecular formula is C23H25ClN4O4. The minimum absolute atomic E-state index is 0.268. The van der Waals surface area contributed by atoms with Gasteiger partial charge in [-0.2, -0.15) is 0 Å². The maximum atomic E-state index is 6.65. The second-order valence-electron chi connectivity index (χ2n) is 8.87. The molecule has 2 aromatic heterocycles. The lowest BCUT2D eigenvalue weighted by Gasteiger charge is -2.33. The number of hydrogen-bond donors (Lipinski definition) is 1. The lowest BCUT2D eigenvalue weighted by molar-refractivity contribution is -0.212. The van der Waals surface area contributed by atoms with Crippen LogP contribution in [0.15, 0.2) is 36.8 Å². The maximum absolute atomic E-state index is 6.65. The predicted molar refractivity (Wildman–Crippen MR) is 119 cm³/mol. The molecule has 9 heteroatoms. The molecular weight excluding hydrogens is 432 g/mol. The third-order valence-corrected chi connectivity index (χ3v) is 6.70. The molecule has 5 heterocycles. The summed E-state index contributed by atoms with van der Waals surface area (Å²) in [6.45, 7) is 4.48. The average molecular weight is 457 g/mol. The van der Waals surface area contributed by atoms with Crippen LogP contribution >= 0.6 is 11.6 Å². The molecule has 32 heavy (non-hydrogen) atoms. The highest BCUT2D eigenvalue weighted by molar-refractivity contribution is 6.30. The molecule has 168 valence electrons. The van der Waals surface area contributed by atoms with Crippen molar-refractivity contribution in [3.63, 3.8) is 0 Å². The van der Waals surface area contributed by atoms with Gasteiger partial charge in [-0.15, -0.1) is 0 Å². The Morgan fingerprint density at radius 3 is 2.81 bits per heavy atom. The number of fused-ring (bicyclic) bond motifs is 3. The summed E-state index contributed by atoms with van der Waals surface area (Å²) in [5, 5.41) is 4.77. The van der Waals surface area contributed by atoms with Gasteiger partial charge in [0, 0.05) is 18.3 Å². The number of nitrogens with zero attached hydrogens (tertiary/aromatic N) is 3. The van der Waals surface area contributed by atoms with Crippen molar-refractivity contribution >= 4 is 28.5 Å². The highest BCUT2D eigenvalue weighted by Gasteiger charge is 2.58. The smallest absolute Gasteiger partial charge is 0.164 e. The molecule has 2 fully saturated rings. The molecule has 0 radical (unpaired) electrons. The van der Waals surface area contributed by atoms with E-state index in [1.807, 2.05) is 55.9 Å². The second-order valence-corrected chi connectivity index (χ2v) is 9.31. The van der Waals surface area contributed by atoms with Crippen LogP contribution in [0.4, 0.5) is 5.82 Å². The van der Waals surface area contributed by atoms with Crippen molar-refractivity contribution in [3.05, 3.63) is 52.9 Å². The first-order valence-corrected chi connectivity index (χ1v) is 11.2. The molecule has 0 unspecified atom stereocenters. The maximum Gasteiger partial charge on any atom is 0.164 e. The molecule has 2 saturated heterocycles. The predicted octanol–water partition coefficient (Wildman–Crippen LogP) is 3.86. The van der Waals surface area contributed by atoms with E-state index in [0.29, 0.717) is 6.61 Å². The summed E-state index contributed by atoms with van der Waals surface area (Å²) in [5.74, 6) is 0.0476. The van der Waals surface area contributed by atoms with Crippen molar-refractivity contribution in [3.8, 4) is 0 Å². The van der Waals surface area contributed by atoms with E-state index >= 15 is 0 Å². The summed E-state index contributed by atoms with van der Waals surface area (Å²) in [4.78, 5) is 8.83. The summed E-state index contributed by atoms with van der Waals surface area (Å²) in [7, 11) is 1.85. The minimum atomic E-state index is -0.721. The van der Waals surface area contributed by atoms with Gasteiger partial charge in [-0.25, -0.2) is 9.97 Å². The summed E-state index contributed by atoms with van der Waals surface area (Å²) < 4.78 is 27.6. The molecule has 3 aliphatic heterocycles. The molecule has 0 aliphatic carbocycles.